The molecule has 0 bridgehead atoms. The van der Waals surface area contributed by atoms with Crippen LogP contribution in [0.4, 0.5) is 5.69 Å². The largest absolute Gasteiger partial charge is 0.384 e. The first kappa shape index (κ1) is 15.7. The van der Waals surface area contributed by atoms with Crippen LogP contribution in [0.5, 0.6) is 0 Å². The van der Waals surface area contributed by atoms with E-state index < -0.39 is 0 Å². The first-order chi connectivity index (χ1) is 9.17. The molecule has 0 fully saturated rings. The lowest BCUT2D eigenvalue weighted by molar-refractivity contribution is -0.116. The third-order valence-electron chi connectivity index (χ3n) is 2.91. The van der Waals surface area contributed by atoms with Gasteiger partial charge in [0.05, 0.1) is 6.61 Å². The number of carbonyl (C=O) groups is 1. The second-order valence-electron chi connectivity index (χ2n) is 4.61. The van der Waals surface area contributed by atoms with Gasteiger partial charge in [-0.25, -0.2) is 0 Å². The van der Waals surface area contributed by atoms with Crippen LogP contribution in [0.3, 0.4) is 0 Å². The number of ether oxygens (including phenoxy) is 1. The summed E-state index contributed by atoms with van der Waals surface area (Å²) in [5.41, 5.74) is 1.99. The van der Waals surface area contributed by atoms with Gasteiger partial charge in [-0.15, -0.1) is 0 Å². The molecule has 19 heavy (non-hydrogen) atoms. The smallest absolute Gasteiger partial charge is 0.225 e. The topological polar surface area (TPSA) is 50.4 Å². The summed E-state index contributed by atoms with van der Waals surface area (Å²) in [5.74, 6) is 0.0401. The van der Waals surface area contributed by atoms with Crippen molar-refractivity contribution < 1.29 is 9.53 Å². The van der Waals surface area contributed by atoms with Crippen molar-refractivity contribution in [3.63, 3.8) is 0 Å². The van der Waals surface area contributed by atoms with E-state index in [-0.39, 0.29) is 11.9 Å². The highest BCUT2D eigenvalue weighted by atomic mass is 16.5. The van der Waals surface area contributed by atoms with E-state index in [2.05, 4.69) is 10.6 Å². The van der Waals surface area contributed by atoms with Crippen LogP contribution in [-0.2, 0) is 16.0 Å². The van der Waals surface area contributed by atoms with E-state index in [0.29, 0.717) is 13.0 Å². The molecule has 0 saturated carbocycles. The van der Waals surface area contributed by atoms with Gasteiger partial charge in [-0.05, 0) is 31.5 Å². The second kappa shape index (κ2) is 8.67. The monoisotopic (exact) mass is 264 g/mol. The van der Waals surface area contributed by atoms with Crippen molar-refractivity contribution >= 4 is 11.6 Å². The average Bonchev–Trinajstić information content (AvgIpc) is 2.37. The third kappa shape index (κ3) is 5.85. The fraction of sp³-hybridized carbons (Fsp3) is 0.533. The van der Waals surface area contributed by atoms with Gasteiger partial charge < -0.3 is 15.4 Å². The molecule has 0 radical (unpaired) electrons. The lowest BCUT2D eigenvalue weighted by Crippen LogP contribution is -2.30. The van der Waals surface area contributed by atoms with Gasteiger partial charge in [-0.1, -0.05) is 25.1 Å². The van der Waals surface area contributed by atoms with Crippen molar-refractivity contribution in [2.24, 2.45) is 0 Å². The molecule has 0 aliphatic heterocycles. The minimum Gasteiger partial charge on any atom is -0.384 e. The minimum absolute atomic E-state index is 0.0401. The summed E-state index contributed by atoms with van der Waals surface area (Å²) in [6, 6.07) is 8.04. The van der Waals surface area contributed by atoms with E-state index in [4.69, 9.17) is 4.74 Å². The predicted octanol–water partition coefficient (Wildman–Crippen LogP) is 2.20. The summed E-state index contributed by atoms with van der Waals surface area (Å²) in [6.45, 7) is 5.58. The van der Waals surface area contributed by atoms with Gasteiger partial charge in [0.1, 0.15) is 0 Å². The molecule has 2 N–H and O–H groups in total. The van der Waals surface area contributed by atoms with E-state index >= 15 is 0 Å². The van der Waals surface area contributed by atoms with Crippen LogP contribution >= 0.6 is 0 Å². The van der Waals surface area contributed by atoms with Crippen molar-refractivity contribution in [3.05, 3.63) is 29.8 Å². The number of nitrogens with one attached hydrogen (secondary N) is 2. The molecule has 0 saturated heterocycles. The Kier molecular flexibility index (Phi) is 7.15. The standard InChI is InChI=1S/C15H24N2O2/c1-4-16-12(2)11-15(18)17-14-8-6-5-7-13(14)9-10-19-3/h5-8,12,16H,4,9-11H2,1-3H3,(H,17,18). The van der Waals surface area contributed by atoms with Crippen LogP contribution < -0.4 is 10.6 Å². The number of hydrogen-bond donors (Lipinski definition) is 2. The number of benzene rings is 1. The number of amides is 1. The SMILES string of the molecule is CCNC(C)CC(=O)Nc1ccccc1CCOC. The summed E-state index contributed by atoms with van der Waals surface area (Å²) >= 11 is 0. The summed E-state index contributed by atoms with van der Waals surface area (Å²) in [6.07, 6.45) is 1.28. The van der Waals surface area contributed by atoms with Gasteiger partial charge >= 0.3 is 0 Å². The summed E-state index contributed by atoms with van der Waals surface area (Å²) in [4.78, 5) is 11.9. The molecule has 1 rings (SSSR count). The summed E-state index contributed by atoms with van der Waals surface area (Å²) in [7, 11) is 1.68. The Morgan fingerprint density at radius 3 is 2.79 bits per heavy atom. The maximum atomic E-state index is 11.9. The van der Waals surface area contributed by atoms with E-state index in [9.17, 15) is 4.79 Å². The van der Waals surface area contributed by atoms with Gasteiger partial charge in [0.25, 0.3) is 0 Å². The second-order valence-corrected chi connectivity index (χ2v) is 4.61. The first-order valence-corrected chi connectivity index (χ1v) is 6.77. The maximum absolute atomic E-state index is 11.9. The van der Waals surface area contributed by atoms with Gasteiger partial charge in [-0.3, -0.25) is 4.79 Å². The van der Waals surface area contributed by atoms with Gasteiger partial charge in [0.2, 0.25) is 5.91 Å². The van der Waals surface area contributed by atoms with E-state index in [1.54, 1.807) is 7.11 Å². The molecule has 4 heteroatoms. The van der Waals surface area contributed by atoms with E-state index in [1.807, 2.05) is 38.1 Å². The van der Waals surface area contributed by atoms with Crippen molar-refractivity contribution in [3.8, 4) is 0 Å². The van der Waals surface area contributed by atoms with Gasteiger partial charge in [0, 0.05) is 25.3 Å². The molecule has 4 nitrogen and oxygen atoms in total. The Bertz CT molecular complexity index is 393. The van der Waals surface area contributed by atoms with Gasteiger partial charge in [0.15, 0.2) is 0 Å². The highest BCUT2D eigenvalue weighted by molar-refractivity contribution is 5.91. The summed E-state index contributed by atoms with van der Waals surface area (Å²) < 4.78 is 5.08. The molecular weight excluding hydrogens is 240 g/mol. The third-order valence-corrected chi connectivity index (χ3v) is 2.91. The summed E-state index contributed by atoms with van der Waals surface area (Å²) in [5, 5.41) is 6.20. The van der Waals surface area contributed by atoms with Crippen molar-refractivity contribution in [2.45, 2.75) is 32.7 Å². The molecule has 0 aliphatic carbocycles. The van der Waals surface area contributed by atoms with E-state index in [0.717, 1.165) is 24.2 Å². The van der Waals surface area contributed by atoms with Crippen LogP contribution in [0.1, 0.15) is 25.8 Å². The highest BCUT2D eigenvalue weighted by Crippen LogP contribution is 2.16. The average molecular weight is 264 g/mol. The number of para-hydroxylation sites is 1. The predicted molar refractivity (Wildman–Crippen MR) is 78.4 cm³/mol. The Balaban J connectivity index is 2.58. The lowest BCUT2D eigenvalue weighted by Gasteiger charge is -2.14. The molecule has 0 heterocycles. The minimum atomic E-state index is 0.0401. The zero-order valence-electron chi connectivity index (χ0n) is 12.0. The van der Waals surface area contributed by atoms with Crippen molar-refractivity contribution in [1.29, 1.82) is 0 Å². The first-order valence-electron chi connectivity index (χ1n) is 6.77. The molecule has 0 aliphatic rings. The fourth-order valence-electron chi connectivity index (χ4n) is 1.97. The molecule has 0 spiro atoms. The molecule has 1 aromatic carbocycles. The Hall–Kier alpha value is -1.39. The molecular formula is C15H24N2O2. The number of rotatable bonds is 8. The van der Waals surface area contributed by atoms with Crippen LogP contribution in [0.2, 0.25) is 0 Å². The normalized spacial score (nSPS) is 12.2. The Morgan fingerprint density at radius 1 is 1.37 bits per heavy atom. The molecule has 1 aromatic rings. The molecule has 1 amide bonds. The van der Waals surface area contributed by atoms with Crippen molar-refractivity contribution in [1.82, 2.24) is 5.32 Å². The molecule has 0 aromatic heterocycles. The Morgan fingerprint density at radius 2 is 2.11 bits per heavy atom. The number of methoxy groups -OCH3 is 1. The van der Waals surface area contributed by atoms with Crippen LogP contribution in [-0.4, -0.2) is 32.2 Å². The zero-order valence-corrected chi connectivity index (χ0v) is 12.0. The van der Waals surface area contributed by atoms with E-state index in [1.165, 1.54) is 0 Å². The molecule has 106 valence electrons. The zero-order chi connectivity index (χ0) is 14.1. The number of hydrogen-bond acceptors (Lipinski definition) is 3. The fourth-order valence-corrected chi connectivity index (χ4v) is 1.97. The molecule has 1 atom stereocenters. The Labute approximate surface area is 115 Å². The van der Waals surface area contributed by atoms with Crippen LogP contribution in [0.25, 0.3) is 0 Å². The van der Waals surface area contributed by atoms with Crippen molar-refractivity contribution in [2.75, 3.05) is 25.6 Å². The number of anilines is 1. The maximum Gasteiger partial charge on any atom is 0.225 e. The lowest BCUT2D eigenvalue weighted by atomic mass is 10.1. The quantitative estimate of drug-likeness (QED) is 0.757. The van der Waals surface area contributed by atoms with Crippen LogP contribution in [0, 0.1) is 0 Å². The highest BCUT2D eigenvalue weighted by Gasteiger charge is 2.10. The molecule has 1 unspecified atom stereocenters. The number of carbonyl (C=O) groups excluding carboxylic acids is 1. The van der Waals surface area contributed by atoms with Gasteiger partial charge in [-0.2, -0.15) is 0 Å². The van der Waals surface area contributed by atoms with Crippen LogP contribution in [0.15, 0.2) is 24.3 Å².